The van der Waals surface area contributed by atoms with Crippen molar-refractivity contribution in [2.24, 2.45) is 0 Å². The van der Waals surface area contributed by atoms with E-state index in [0.29, 0.717) is 13.2 Å². The fourth-order valence-electron chi connectivity index (χ4n) is 2.40. The fourth-order valence-corrected chi connectivity index (χ4v) is 2.40. The number of hydrogen-bond acceptors (Lipinski definition) is 3. The molecule has 1 atom stereocenters. The van der Waals surface area contributed by atoms with E-state index in [4.69, 9.17) is 9.47 Å². The number of carbonyl (C=O) groups excluding carboxylic acids is 1. The molecule has 1 unspecified atom stereocenters. The van der Waals surface area contributed by atoms with Gasteiger partial charge in [0.1, 0.15) is 11.9 Å². The molecule has 1 heterocycles. The lowest BCUT2D eigenvalue weighted by atomic mass is 10.1. The minimum atomic E-state index is -0.312. The SMILES string of the molecule is CCOc1ccc(N2CC(c3ccccc3)OC2=O)cc1. The van der Waals surface area contributed by atoms with Crippen molar-refractivity contribution in [1.29, 1.82) is 0 Å². The summed E-state index contributed by atoms with van der Waals surface area (Å²) in [5.41, 5.74) is 1.83. The fraction of sp³-hybridized carbons (Fsp3) is 0.235. The third kappa shape index (κ3) is 2.84. The van der Waals surface area contributed by atoms with E-state index in [1.807, 2.05) is 61.5 Å². The van der Waals surface area contributed by atoms with Crippen LogP contribution < -0.4 is 9.64 Å². The minimum absolute atomic E-state index is 0.217. The second-order valence-corrected chi connectivity index (χ2v) is 4.82. The van der Waals surface area contributed by atoms with Gasteiger partial charge in [-0.2, -0.15) is 0 Å². The zero-order chi connectivity index (χ0) is 14.7. The van der Waals surface area contributed by atoms with Crippen LogP contribution in [0.2, 0.25) is 0 Å². The molecule has 0 radical (unpaired) electrons. The summed E-state index contributed by atoms with van der Waals surface area (Å²) in [6, 6.07) is 17.3. The summed E-state index contributed by atoms with van der Waals surface area (Å²) in [4.78, 5) is 13.7. The molecule has 3 rings (SSSR count). The van der Waals surface area contributed by atoms with E-state index < -0.39 is 0 Å². The normalized spacial score (nSPS) is 17.7. The lowest BCUT2D eigenvalue weighted by Gasteiger charge is -2.13. The molecule has 4 nitrogen and oxygen atoms in total. The van der Waals surface area contributed by atoms with Crippen LogP contribution >= 0.6 is 0 Å². The summed E-state index contributed by atoms with van der Waals surface area (Å²) in [6.45, 7) is 3.09. The van der Waals surface area contributed by atoms with Crippen LogP contribution in [0.4, 0.5) is 10.5 Å². The van der Waals surface area contributed by atoms with Crippen LogP contribution in [0, 0.1) is 0 Å². The van der Waals surface area contributed by atoms with Crippen molar-refractivity contribution >= 4 is 11.8 Å². The molecule has 0 N–H and O–H groups in total. The first kappa shape index (κ1) is 13.5. The minimum Gasteiger partial charge on any atom is -0.494 e. The van der Waals surface area contributed by atoms with Crippen LogP contribution in [-0.4, -0.2) is 19.2 Å². The van der Waals surface area contributed by atoms with Crippen molar-refractivity contribution in [3.63, 3.8) is 0 Å². The highest BCUT2D eigenvalue weighted by atomic mass is 16.6. The van der Waals surface area contributed by atoms with Crippen LogP contribution in [0.15, 0.2) is 54.6 Å². The van der Waals surface area contributed by atoms with Crippen LogP contribution in [-0.2, 0) is 4.74 Å². The van der Waals surface area contributed by atoms with Gasteiger partial charge in [-0.15, -0.1) is 0 Å². The van der Waals surface area contributed by atoms with Crippen molar-refractivity contribution in [2.75, 3.05) is 18.1 Å². The Morgan fingerprint density at radius 1 is 1.14 bits per heavy atom. The Hall–Kier alpha value is -2.49. The molecular weight excluding hydrogens is 266 g/mol. The van der Waals surface area contributed by atoms with Gasteiger partial charge in [0.15, 0.2) is 0 Å². The van der Waals surface area contributed by atoms with E-state index >= 15 is 0 Å². The lowest BCUT2D eigenvalue weighted by molar-refractivity contribution is 0.142. The zero-order valence-electron chi connectivity index (χ0n) is 11.9. The molecule has 0 aliphatic carbocycles. The van der Waals surface area contributed by atoms with Crippen LogP contribution in [0.1, 0.15) is 18.6 Å². The molecule has 0 aromatic heterocycles. The number of hydrogen-bond donors (Lipinski definition) is 0. The molecule has 108 valence electrons. The van der Waals surface area contributed by atoms with Gasteiger partial charge in [0.2, 0.25) is 0 Å². The maximum Gasteiger partial charge on any atom is 0.415 e. The smallest absolute Gasteiger partial charge is 0.415 e. The average Bonchev–Trinajstić information content (AvgIpc) is 2.91. The van der Waals surface area contributed by atoms with E-state index in [2.05, 4.69) is 0 Å². The number of ether oxygens (including phenoxy) is 2. The zero-order valence-corrected chi connectivity index (χ0v) is 11.9. The number of cyclic esters (lactones) is 1. The highest BCUT2D eigenvalue weighted by Crippen LogP contribution is 2.30. The van der Waals surface area contributed by atoms with Gasteiger partial charge in [0.25, 0.3) is 0 Å². The predicted octanol–water partition coefficient (Wildman–Crippen LogP) is 3.78. The number of benzene rings is 2. The summed E-state index contributed by atoms with van der Waals surface area (Å²) < 4.78 is 10.9. The van der Waals surface area contributed by atoms with Crippen molar-refractivity contribution in [3.8, 4) is 5.75 Å². The third-order valence-electron chi connectivity index (χ3n) is 3.44. The molecule has 1 saturated heterocycles. The average molecular weight is 283 g/mol. The Bertz CT molecular complexity index is 610. The van der Waals surface area contributed by atoms with Gasteiger partial charge in [-0.3, -0.25) is 4.90 Å². The summed E-state index contributed by atoms with van der Waals surface area (Å²) in [6.07, 6.45) is -0.529. The Kier molecular flexibility index (Phi) is 3.77. The molecule has 21 heavy (non-hydrogen) atoms. The first-order valence-electron chi connectivity index (χ1n) is 7.04. The molecule has 1 amide bonds. The topological polar surface area (TPSA) is 38.8 Å². The third-order valence-corrected chi connectivity index (χ3v) is 3.44. The van der Waals surface area contributed by atoms with E-state index in [1.165, 1.54) is 0 Å². The van der Waals surface area contributed by atoms with E-state index in [-0.39, 0.29) is 12.2 Å². The van der Waals surface area contributed by atoms with E-state index in [0.717, 1.165) is 17.0 Å². The summed E-state index contributed by atoms with van der Waals surface area (Å²) in [5.74, 6) is 0.799. The first-order chi connectivity index (χ1) is 10.3. The Morgan fingerprint density at radius 3 is 2.52 bits per heavy atom. The van der Waals surface area contributed by atoms with Gasteiger partial charge in [0.05, 0.1) is 13.2 Å². The molecule has 2 aromatic rings. The molecule has 1 aliphatic rings. The van der Waals surface area contributed by atoms with E-state index in [1.54, 1.807) is 4.90 Å². The van der Waals surface area contributed by atoms with Crippen molar-refractivity contribution < 1.29 is 14.3 Å². The van der Waals surface area contributed by atoms with Crippen LogP contribution in [0.5, 0.6) is 5.75 Å². The molecule has 0 saturated carbocycles. The molecule has 0 bridgehead atoms. The number of amides is 1. The predicted molar refractivity (Wildman–Crippen MR) is 80.6 cm³/mol. The highest BCUT2D eigenvalue weighted by Gasteiger charge is 2.33. The maximum absolute atomic E-state index is 12.0. The number of carbonyl (C=O) groups is 1. The summed E-state index contributed by atoms with van der Waals surface area (Å²) in [7, 11) is 0. The summed E-state index contributed by atoms with van der Waals surface area (Å²) >= 11 is 0. The largest absolute Gasteiger partial charge is 0.494 e. The quantitative estimate of drug-likeness (QED) is 0.857. The van der Waals surface area contributed by atoms with Gasteiger partial charge >= 0.3 is 6.09 Å². The van der Waals surface area contributed by atoms with Crippen molar-refractivity contribution in [3.05, 3.63) is 60.2 Å². The molecule has 0 spiro atoms. The number of rotatable bonds is 4. The molecular formula is C17H17NO3. The second-order valence-electron chi connectivity index (χ2n) is 4.82. The molecule has 1 aliphatic heterocycles. The highest BCUT2D eigenvalue weighted by molar-refractivity contribution is 5.89. The van der Waals surface area contributed by atoms with Crippen LogP contribution in [0.25, 0.3) is 0 Å². The van der Waals surface area contributed by atoms with Gasteiger partial charge in [0, 0.05) is 5.69 Å². The molecule has 2 aromatic carbocycles. The van der Waals surface area contributed by atoms with Crippen molar-refractivity contribution in [1.82, 2.24) is 0 Å². The maximum atomic E-state index is 12.0. The Labute approximate surface area is 123 Å². The Morgan fingerprint density at radius 2 is 1.86 bits per heavy atom. The molecule has 4 heteroatoms. The molecule has 1 fully saturated rings. The second kappa shape index (κ2) is 5.87. The standard InChI is InChI=1S/C17H17NO3/c1-2-20-15-10-8-14(9-11-15)18-12-16(21-17(18)19)13-6-4-3-5-7-13/h3-11,16H,2,12H2,1H3. The van der Waals surface area contributed by atoms with Gasteiger partial charge in [-0.1, -0.05) is 30.3 Å². The monoisotopic (exact) mass is 283 g/mol. The van der Waals surface area contributed by atoms with Crippen molar-refractivity contribution in [2.45, 2.75) is 13.0 Å². The number of anilines is 1. The van der Waals surface area contributed by atoms with E-state index in [9.17, 15) is 4.79 Å². The van der Waals surface area contributed by atoms with Gasteiger partial charge < -0.3 is 9.47 Å². The lowest BCUT2D eigenvalue weighted by Crippen LogP contribution is -2.23. The summed E-state index contributed by atoms with van der Waals surface area (Å²) in [5, 5.41) is 0. The van der Waals surface area contributed by atoms with Crippen LogP contribution in [0.3, 0.4) is 0 Å². The first-order valence-corrected chi connectivity index (χ1v) is 7.04. The van der Waals surface area contributed by atoms with Gasteiger partial charge in [-0.25, -0.2) is 4.79 Å². The number of nitrogens with zero attached hydrogens (tertiary/aromatic N) is 1. The van der Waals surface area contributed by atoms with Gasteiger partial charge in [-0.05, 0) is 36.8 Å². The Balaban J connectivity index is 1.76.